The van der Waals surface area contributed by atoms with Gasteiger partial charge in [-0.1, -0.05) is 0 Å². The smallest absolute Gasteiger partial charge is 0.347 e. The first kappa shape index (κ1) is 12.2. The fourth-order valence-corrected chi connectivity index (χ4v) is 1.78. The first-order valence-electron chi connectivity index (χ1n) is 5.55. The topological polar surface area (TPSA) is 70.1 Å². The minimum atomic E-state index is -0.287. The highest BCUT2D eigenvalue weighted by Crippen LogP contribution is 2.21. The summed E-state index contributed by atoms with van der Waals surface area (Å²) < 4.78 is 6.79. The molecule has 0 unspecified atom stereocenters. The van der Waals surface area contributed by atoms with Crippen LogP contribution < -0.4 is 16.2 Å². The number of ether oxygens (including phenoxy) is 1. The Morgan fingerprint density at radius 1 is 1.44 bits per heavy atom. The molecule has 18 heavy (non-hydrogen) atoms. The SMILES string of the molecule is COc1ccc(N)cc1Cn1cc(C)cnc1=O. The van der Waals surface area contributed by atoms with Crippen LogP contribution in [0.3, 0.4) is 0 Å². The van der Waals surface area contributed by atoms with Gasteiger partial charge in [-0.05, 0) is 30.7 Å². The molecule has 0 amide bonds. The summed E-state index contributed by atoms with van der Waals surface area (Å²) >= 11 is 0. The van der Waals surface area contributed by atoms with E-state index in [9.17, 15) is 4.79 Å². The van der Waals surface area contributed by atoms with Crippen molar-refractivity contribution in [3.8, 4) is 5.75 Å². The largest absolute Gasteiger partial charge is 0.496 e. The number of aryl methyl sites for hydroxylation is 1. The van der Waals surface area contributed by atoms with Crippen molar-refractivity contribution in [2.75, 3.05) is 12.8 Å². The number of hydrogen-bond acceptors (Lipinski definition) is 4. The minimum Gasteiger partial charge on any atom is -0.496 e. The zero-order valence-electron chi connectivity index (χ0n) is 10.4. The third-order valence-corrected chi connectivity index (χ3v) is 2.63. The molecule has 0 atom stereocenters. The zero-order chi connectivity index (χ0) is 13.1. The van der Waals surface area contributed by atoms with Crippen LogP contribution in [0.5, 0.6) is 5.75 Å². The van der Waals surface area contributed by atoms with Gasteiger partial charge in [-0.3, -0.25) is 4.57 Å². The summed E-state index contributed by atoms with van der Waals surface area (Å²) in [6.45, 7) is 2.28. The molecule has 2 N–H and O–H groups in total. The van der Waals surface area contributed by atoms with Crippen molar-refractivity contribution in [3.63, 3.8) is 0 Å². The van der Waals surface area contributed by atoms with Gasteiger partial charge in [0, 0.05) is 23.6 Å². The van der Waals surface area contributed by atoms with E-state index in [1.165, 1.54) is 4.57 Å². The molecule has 1 aromatic heterocycles. The predicted molar refractivity (Wildman–Crippen MR) is 69.7 cm³/mol. The summed E-state index contributed by atoms with van der Waals surface area (Å²) in [7, 11) is 1.59. The summed E-state index contributed by atoms with van der Waals surface area (Å²) in [5.41, 5.74) is 7.88. The molecule has 1 aromatic carbocycles. The molecule has 2 aromatic rings. The molecule has 1 heterocycles. The normalized spacial score (nSPS) is 10.3. The Labute approximate surface area is 105 Å². The number of nitrogens with zero attached hydrogens (tertiary/aromatic N) is 2. The Kier molecular flexibility index (Phi) is 3.32. The van der Waals surface area contributed by atoms with Crippen molar-refractivity contribution in [1.29, 1.82) is 0 Å². The molecule has 0 radical (unpaired) electrons. The van der Waals surface area contributed by atoms with Crippen molar-refractivity contribution in [2.24, 2.45) is 0 Å². The lowest BCUT2D eigenvalue weighted by Gasteiger charge is -2.11. The Morgan fingerprint density at radius 2 is 2.22 bits per heavy atom. The number of aromatic nitrogens is 2. The number of methoxy groups -OCH3 is 1. The monoisotopic (exact) mass is 245 g/mol. The lowest BCUT2D eigenvalue weighted by atomic mass is 10.1. The maximum Gasteiger partial charge on any atom is 0.347 e. The van der Waals surface area contributed by atoms with E-state index in [2.05, 4.69) is 4.98 Å². The first-order valence-corrected chi connectivity index (χ1v) is 5.55. The minimum absolute atomic E-state index is 0.287. The number of anilines is 1. The summed E-state index contributed by atoms with van der Waals surface area (Å²) in [5.74, 6) is 0.706. The van der Waals surface area contributed by atoms with Crippen molar-refractivity contribution in [3.05, 3.63) is 52.2 Å². The van der Waals surface area contributed by atoms with E-state index in [0.717, 1.165) is 11.1 Å². The second kappa shape index (κ2) is 4.91. The van der Waals surface area contributed by atoms with Crippen LogP contribution in [0.1, 0.15) is 11.1 Å². The van der Waals surface area contributed by atoms with Gasteiger partial charge in [-0.15, -0.1) is 0 Å². The Hall–Kier alpha value is -2.30. The second-order valence-corrected chi connectivity index (χ2v) is 4.11. The Morgan fingerprint density at radius 3 is 2.94 bits per heavy atom. The van der Waals surface area contributed by atoms with E-state index in [0.29, 0.717) is 18.0 Å². The molecule has 5 heteroatoms. The fourth-order valence-electron chi connectivity index (χ4n) is 1.78. The predicted octanol–water partition coefficient (Wildman–Crippen LogP) is 1.19. The third kappa shape index (κ3) is 2.51. The molecule has 2 rings (SSSR count). The van der Waals surface area contributed by atoms with Gasteiger partial charge in [0.05, 0.1) is 13.7 Å². The van der Waals surface area contributed by atoms with Crippen LogP contribution in [0.2, 0.25) is 0 Å². The van der Waals surface area contributed by atoms with Crippen molar-refractivity contribution in [1.82, 2.24) is 9.55 Å². The van der Waals surface area contributed by atoms with Gasteiger partial charge in [0.1, 0.15) is 5.75 Å². The molecule has 0 saturated carbocycles. The standard InChI is InChI=1S/C13H15N3O2/c1-9-6-15-13(17)16(7-9)8-10-5-11(14)3-4-12(10)18-2/h3-7H,8,14H2,1-2H3. The van der Waals surface area contributed by atoms with E-state index >= 15 is 0 Å². The number of nitrogen functional groups attached to an aromatic ring is 1. The Balaban J connectivity index is 2.42. The van der Waals surface area contributed by atoms with Crippen molar-refractivity contribution >= 4 is 5.69 Å². The van der Waals surface area contributed by atoms with Crippen LogP contribution in [0, 0.1) is 6.92 Å². The maximum absolute atomic E-state index is 11.6. The summed E-state index contributed by atoms with van der Waals surface area (Å²) in [6, 6.07) is 5.35. The van der Waals surface area contributed by atoms with E-state index in [1.807, 2.05) is 6.92 Å². The highest BCUT2D eigenvalue weighted by Gasteiger charge is 2.06. The van der Waals surface area contributed by atoms with Crippen molar-refractivity contribution in [2.45, 2.75) is 13.5 Å². The van der Waals surface area contributed by atoms with Gasteiger partial charge in [-0.2, -0.15) is 0 Å². The number of rotatable bonds is 3. The van der Waals surface area contributed by atoms with E-state index in [4.69, 9.17) is 10.5 Å². The van der Waals surface area contributed by atoms with Gasteiger partial charge in [0.2, 0.25) is 0 Å². The molecule has 0 saturated heterocycles. The van der Waals surface area contributed by atoms with Crippen LogP contribution >= 0.6 is 0 Å². The molecule has 0 bridgehead atoms. The van der Waals surface area contributed by atoms with E-state index in [1.54, 1.807) is 37.7 Å². The molecule has 0 aliphatic heterocycles. The molecule has 0 spiro atoms. The quantitative estimate of drug-likeness (QED) is 0.825. The van der Waals surface area contributed by atoms with Crippen molar-refractivity contribution < 1.29 is 4.74 Å². The number of hydrogen-bond donors (Lipinski definition) is 1. The van der Waals surface area contributed by atoms with Crippen LogP contribution in [0.15, 0.2) is 35.4 Å². The highest BCUT2D eigenvalue weighted by molar-refractivity contribution is 5.47. The molecular formula is C13H15N3O2. The average molecular weight is 245 g/mol. The van der Waals surface area contributed by atoms with Crippen LogP contribution in [-0.2, 0) is 6.54 Å². The second-order valence-electron chi connectivity index (χ2n) is 4.11. The zero-order valence-corrected chi connectivity index (χ0v) is 10.4. The van der Waals surface area contributed by atoms with Gasteiger partial charge < -0.3 is 10.5 Å². The first-order chi connectivity index (χ1) is 8.60. The fraction of sp³-hybridized carbons (Fsp3) is 0.231. The molecule has 0 fully saturated rings. The van der Waals surface area contributed by atoms with Crippen LogP contribution in [0.25, 0.3) is 0 Å². The van der Waals surface area contributed by atoms with E-state index < -0.39 is 0 Å². The number of benzene rings is 1. The summed E-state index contributed by atoms with van der Waals surface area (Å²) in [6.07, 6.45) is 3.31. The molecule has 94 valence electrons. The van der Waals surface area contributed by atoms with Gasteiger partial charge in [0.15, 0.2) is 0 Å². The summed E-state index contributed by atoms with van der Waals surface area (Å²) in [4.78, 5) is 15.4. The van der Waals surface area contributed by atoms with Gasteiger partial charge in [-0.25, -0.2) is 9.78 Å². The van der Waals surface area contributed by atoms with Crippen LogP contribution in [-0.4, -0.2) is 16.7 Å². The molecular weight excluding hydrogens is 230 g/mol. The molecule has 0 aliphatic rings. The molecule has 5 nitrogen and oxygen atoms in total. The highest BCUT2D eigenvalue weighted by atomic mass is 16.5. The Bertz CT molecular complexity index is 620. The lowest BCUT2D eigenvalue weighted by Crippen LogP contribution is -2.23. The van der Waals surface area contributed by atoms with Gasteiger partial charge >= 0.3 is 5.69 Å². The number of nitrogens with two attached hydrogens (primary N) is 1. The molecule has 0 aliphatic carbocycles. The maximum atomic E-state index is 11.6. The van der Waals surface area contributed by atoms with Gasteiger partial charge in [0.25, 0.3) is 0 Å². The average Bonchev–Trinajstić information content (AvgIpc) is 2.34. The summed E-state index contributed by atoms with van der Waals surface area (Å²) in [5, 5.41) is 0. The van der Waals surface area contributed by atoms with E-state index in [-0.39, 0.29) is 5.69 Å². The lowest BCUT2D eigenvalue weighted by molar-refractivity contribution is 0.408. The van der Waals surface area contributed by atoms with Crippen LogP contribution in [0.4, 0.5) is 5.69 Å². The third-order valence-electron chi connectivity index (χ3n) is 2.63.